The third-order valence-electron chi connectivity index (χ3n) is 13.0. The number of aryl methyl sites for hydroxylation is 4. The molecule has 6 nitrogen and oxygen atoms in total. The van der Waals surface area contributed by atoms with E-state index in [1.165, 1.54) is 165 Å². The molecular weight excluding hydrogens is 970 g/mol. The minimum Gasteiger partial charge on any atom is -0.744 e. The van der Waals surface area contributed by atoms with Gasteiger partial charge in [0.15, 0.2) is 0 Å². The van der Waals surface area contributed by atoms with Gasteiger partial charge in [-0.05, 0) is 119 Å². The van der Waals surface area contributed by atoms with E-state index >= 15 is 0 Å². The van der Waals surface area contributed by atoms with E-state index in [-0.39, 0.29) is 58.7 Å². The molecule has 9 heteroatoms. The van der Waals surface area contributed by atoms with Crippen molar-refractivity contribution in [3.8, 4) is 0 Å². The van der Waals surface area contributed by atoms with E-state index in [0.717, 1.165) is 84.0 Å². The molecule has 0 aliphatic rings. The molecular formula is C56H86BaO6S2. The number of rotatable bonds is 34. The van der Waals surface area contributed by atoms with Gasteiger partial charge < -0.3 is 9.11 Å². The summed E-state index contributed by atoms with van der Waals surface area (Å²) in [6.07, 6.45) is 39.0. The third kappa shape index (κ3) is 24.8. The Morgan fingerprint density at radius 1 is 0.338 bits per heavy atom. The van der Waals surface area contributed by atoms with Gasteiger partial charge in [0.25, 0.3) is 0 Å². The van der Waals surface area contributed by atoms with Crippen molar-refractivity contribution in [3.05, 3.63) is 82.9 Å². The molecule has 0 aliphatic carbocycles. The van der Waals surface area contributed by atoms with E-state index < -0.39 is 20.2 Å². The van der Waals surface area contributed by atoms with E-state index in [9.17, 15) is 25.9 Å². The monoisotopic (exact) mass is 1060 g/mol. The van der Waals surface area contributed by atoms with Gasteiger partial charge in [-0.2, -0.15) is 0 Å². The van der Waals surface area contributed by atoms with Gasteiger partial charge in [-0.15, -0.1) is 0 Å². The van der Waals surface area contributed by atoms with Gasteiger partial charge in [0.2, 0.25) is 0 Å². The minimum absolute atomic E-state index is 0. The molecule has 0 aliphatic heterocycles. The molecule has 0 heterocycles. The minimum atomic E-state index is -4.45. The van der Waals surface area contributed by atoms with Crippen molar-refractivity contribution in [2.45, 2.75) is 243 Å². The molecule has 0 saturated heterocycles. The molecule has 0 N–H and O–H groups in total. The van der Waals surface area contributed by atoms with Crippen LogP contribution in [0.1, 0.15) is 230 Å². The maximum atomic E-state index is 11.7. The predicted molar refractivity (Wildman–Crippen MR) is 276 cm³/mol. The summed E-state index contributed by atoms with van der Waals surface area (Å²) in [5.74, 6) is 0. The standard InChI is InChI=1S/2C28H44O3S.Ba/c2*1-3-5-7-9-11-13-15-17-24-19-20-26-23-27(32(29,30)31)22-25(28(26)21-24)18-16-14-12-10-8-6-4-2;/h2*19-23H,3-18H2,1-2H3,(H,29,30,31);/q;;+2/p-2. The predicted octanol–water partition coefficient (Wildman–Crippen LogP) is 16.3. The van der Waals surface area contributed by atoms with E-state index in [4.69, 9.17) is 0 Å². The Morgan fingerprint density at radius 2 is 0.600 bits per heavy atom. The first kappa shape index (κ1) is 59.9. The van der Waals surface area contributed by atoms with Crippen LogP contribution in [0, 0.1) is 0 Å². The van der Waals surface area contributed by atoms with Crippen LogP contribution in [0.15, 0.2) is 70.5 Å². The average molecular weight is 1060 g/mol. The van der Waals surface area contributed by atoms with Gasteiger partial charge in [-0.3, -0.25) is 0 Å². The number of benzene rings is 4. The van der Waals surface area contributed by atoms with Crippen molar-refractivity contribution in [1.29, 1.82) is 0 Å². The summed E-state index contributed by atoms with van der Waals surface area (Å²) < 4.78 is 70.1. The summed E-state index contributed by atoms with van der Waals surface area (Å²) in [6, 6.07) is 19.0. The van der Waals surface area contributed by atoms with Crippen LogP contribution in [0.4, 0.5) is 0 Å². The zero-order chi connectivity index (χ0) is 46.5. The van der Waals surface area contributed by atoms with Gasteiger partial charge in [0, 0.05) is 0 Å². The molecule has 0 fully saturated rings. The summed E-state index contributed by atoms with van der Waals surface area (Å²) in [5, 5.41) is 3.96. The van der Waals surface area contributed by atoms with Crippen LogP contribution < -0.4 is 0 Å². The molecule has 0 radical (unpaired) electrons. The molecule has 0 amide bonds. The fourth-order valence-corrected chi connectivity index (χ4v) is 10.2. The molecule has 360 valence electrons. The van der Waals surface area contributed by atoms with Crippen molar-refractivity contribution >= 4 is 90.7 Å². The van der Waals surface area contributed by atoms with Crippen molar-refractivity contribution < 1.29 is 25.9 Å². The maximum absolute atomic E-state index is 11.7. The van der Waals surface area contributed by atoms with Gasteiger partial charge >= 0.3 is 48.9 Å². The normalized spacial score (nSPS) is 11.8. The zero-order valence-corrected chi connectivity index (χ0v) is 47.4. The van der Waals surface area contributed by atoms with Crippen LogP contribution in [-0.4, -0.2) is 74.8 Å². The summed E-state index contributed by atoms with van der Waals surface area (Å²) in [5.41, 5.74) is 4.63. The van der Waals surface area contributed by atoms with Crippen molar-refractivity contribution in [2.75, 3.05) is 0 Å². The summed E-state index contributed by atoms with van der Waals surface area (Å²) in [7, 11) is -8.90. The van der Waals surface area contributed by atoms with Crippen LogP contribution in [-0.2, 0) is 45.9 Å². The molecule has 4 aromatic rings. The number of unbranched alkanes of at least 4 members (excludes halogenated alkanes) is 24. The maximum Gasteiger partial charge on any atom is 2.00 e. The number of fused-ring (bicyclic) bond motifs is 2. The second-order valence-corrected chi connectivity index (χ2v) is 21.4. The topological polar surface area (TPSA) is 114 Å². The van der Waals surface area contributed by atoms with E-state index in [0.29, 0.717) is 0 Å². The van der Waals surface area contributed by atoms with Crippen LogP contribution in [0.2, 0.25) is 0 Å². The third-order valence-corrected chi connectivity index (χ3v) is 14.6. The van der Waals surface area contributed by atoms with E-state index in [1.54, 1.807) is 24.3 Å². The number of hydrogen-bond acceptors (Lipinski definition) is 6. The van der Waals surface area contributed by atoms with Crippen molar-refractivity contribution in [1.82, 2.24) is 0 Å². The van der Waals surface area contributed by atoms with Crippen LogP contribution in [0.5, 0.6) is 0 Å². The Labute approximate surface area is 438 Å². The van der Waals surface area contributed by atoms with E-state index in [1.807, 2.05) is 12.1 Å². The largest absolute Gasteiger partial charge is 2.00 e. The SMILES string of the molecule is CCCCCCCCCc1ccc2cc(S(=O)(=O)[O-])cc(CCCCCCCCC)c2c1.CCCCCCCCCc1ccc2cc(S(=O)(=O)[O-])cc(CCCCCCCCC)c2c1.[Ba+2]. The Balaban J connectivity index is 0.000000440. The molecule has 4 rings (SSSR count). The number of hydrogen-bond donors (Lipinski definition) is 0. The molecule has 0 atom stereocenters. The second-order valence-electron chi connectivity index (χ2n) is 18.7. The quantitative estimate of drug-likeness (QED) is 0.0261. The van der Waals surface area contributed by atoms with Crippen LogP contribution in [0.3, 0.4) is 0 Å². The van der Waals surface area contributed by atoms with Gasteiger partial charge in [-0.1, -0.05) is 218 Å². The fourth-order valence-electron chi connectivity index (χ4n) is 9.03. The zero-order valence-electron chi connectivity index (χ0n) is 41.4. The molecule has 0 aromatic heterocycles. The Bertz CT molecular complexity index is 1960. The Hall–Kier alpha value is -1.21. The second kappa shape index (κ2) is 35.0. The first-order valence-electron chi connectivity index (χ1n) is 25.9. The molecule has 0 bridgehead atoms. The van der Waals surface area contributed by atoms with Crippen LogP contribution >= 0.6 is 0 Å². The Kier molecular flexibility index (Phi) is 32.2. The molecule has 0 spiro atoms. The van der Waals surface area contributed by atoms with Crippen LogP contribution in [0.25, 0.3) is 21.5 Å². The first-order valence-corrected chi connectivity index (χ1v) is 28.8. The summed E-state index contributed by atoms with van der Waals surface area (Å²) in [4.78, 5) is -0.189. The van der Waals surface area contributed by atoms with Crippen molar-refractivity contribution in [2.24, 2.45) is 0 Å². The smallest absolute Gasteiger partial charge is 0.744 e. The van der Waals surface area contributed by atoms with Crippen molar-refractivity contribution in [3.63, 3.8) is 0 Å². The summed E-state index contributed by atoms with van der Waals surface area (Å²) in [6.45, 7) is 8.95. The van der Waals surface area contributed by atoms with Gasteiger partial charge in [0.1, 0.15) is 20.2 Å². The molecule has 0 unspecified atom stereocenters. The fraction of sp³-hybridized carbons (Fsp3) is 0.643. The first-order chi connectivity index (χ1) is 30.9. The molecule has 65 heavy (non-hydrogen) atoms. The van der Waals surface area contributed by atoms with Gasteiger partial charge in [0.05, 0.1) is 9.79 Å². The molecule has 0 saturated carbocycles. The van der Waals surface area contributed by atoms with Gasteiger partial charge in [-0.25, -0.2) is 16.8 Å². The average Bonchev–Trinajstić information content (AvgIpc) is 3.27. The molecule has 4 aromatic carbocycles. The Morgan fingerprint density at radius 3 is 0.877 bits per heavy atom. The summed E-state index contributed by atoms with van der Waals surface area (Å²) >= 11 is 0. The van der Waals surface area contributed by atoms with E-state index in [2.05, 4.69) is 52.0 Å².